The normalized spacial score (nSPS) is 29.4. The Kier molecular flexibility index (Phi) is 4.55. The molecule has 1 rings (SSSR count). The van der Waals surface area contributed by atoms with E-state index < -0.39 is 0 Å². The standard InChI is InChI=1S/C13H26N2O2/c1-10-13(5,7-9-17-10)15-11(16)6-8-14-12(2,3)4/h10,14H,6-9H2,1-5H3,(H,15,16). The SMILES string of the molecule is CC1OCCC1(C)NC(=O)CCNC(C)(C)C. The van der Waals surface area contributed by atoms with Crippen molar-refractivity contribution in [2.45, 2.75) is 64.6 Å². The lowest BCUT2D eigenvalue weighted by Gasteiger charge is -2.29. The molecule has 1 fully saturated rings. The van der Waals surface area contributed by atoms with Gasteiger partial charge in [-0.3, -0.25) is 4.79 Å². The van der Waals surface area contributed by atoms with Crippen LogP contribution in [0.1, 0.15) is 47.5 Å². The maximum Gasteiger partial charge on any atom is 0.221 e. The van der Waals surface area contributed by atoms with Gasteiger partial charge in [0.25, 0.3) is 0 Å². The largest absolute Gasteiger partial charge is 0.376 e. The Morgan fingerprint density at radius 2 is 2.12 bits per heavy atom. The minimum absolute atomic E-state index is 0.0634. The van der Waals surface area contributed by atoms with Crippen LogP contribution in [0.3, 0.4) is 0 Å². The fraction of sp³-hybridized carbons (Fsp3) is 0.923. The number of amides is 1. The predicted octanol–water partition coefficient (Wildman–Crippen LogP) is 1.45. The van der Waals surface area contributed by atoms with Gasteiger partial charge in [-0.15, -0.1) is 0 Å². The quantitative estimate of drug-likeness (QED) is 0.784. The van der Waals surface area contributed by atoms with E-state index in [1.54, 1.807) is 0 Å². The van der Waals surface area contributed by atoms with Gasteiger partial charge in [-0.05, 0) is 41.0 Å². The highest BCUT2D eigenvalue weighted by Gasteiger charge is 2.37. The third-order valence-corrected chi connectivity index (χ3v) is 3.32. The van der Waals surface area contributed by atoms with Crippen LogP contribution >= 0.6 is 0 Å². The summed E-state index contributed by atoms with van der Waals surface area (Å²) < 4.78 is 5.50. The van der Waals surface area contributed by atoms with E-state index in [0.29, 0.717) is 13.0 Å². The van der Waals surface area contributed by atoms with E-state index in [0.717, 1.165) is 13.0 Å². The average molecular weight is 242 g/mol. The van der Waals surface area contributed by atoms with Crippen molar-refractivity contribution in [3.05, 3.63) is 0 Å². The molecule has 1 aliphatic heterocycles. The first-order valence-corrected chi connectivity index (χ1v) is 6.41. The molecule has 0 saturated carbocycles. The van der Waals surface area contributed by atoms with Crippen LogP contribution in [0.4, 0.5) is 0 Å². The van der Waals surface area contributed by atoms with Crippen LogP contribution in [0.5, 0.6) is 0 Å². The number of rotatable bonds is 4. The minimum atomic E-state index is -0.196. The first-order chi connectivity index (χ1) is 7.73. The van der Waals surface area contributed by atoms with Gasteiger partial charge in [0.15, 0.2) is 0 Å². The molecule has 0 aromatic rings. The lowest BCUT2D eigenvalue weighted by molar-refractivity contribution is -0.123. The van der Waals surface area contributed by atoms with Gasteiger partial charge in [-0.1, -0.05) is 0 Å². The third kappa shape index (κ3) is 4.64. The number of nitrogens with one attached hydrogen (secondary N) is 2. The van der Waals surface area contributed by atoms with Crippen molar-refractivity contribution in [1.82, 2.24) is 10.6 Å². The van der Waals surface area contributed by atoms with Gasteiger partial charge in [0.1, 0.15) is 0 Å². The van der Waals surface area contributed by atoms with Crippen LogP contribution in [0.2, 0.25) is 0 Å². The van der Waals surface area contributed by atoms with Gasteiger partial charge >= 0.3 is 0 Å². The molecule has 4 nitrogen and oxygen atoms in total. The van der Waals surface area contributed by atoms with Gasteiger partial charge in [-0.25, -0.2) is 0 Å². The second-order valence-electron chi connectivity index (χ2n) is 6.16. The summed E-state index contributed by atoms with van der Waals surface area (Å²) in [6.45, 7) is 11.8. The zero-order valence-electron chi connectivity index (χ0n) is 11.7. The second kappa shape index (κ2) is 5.36. The summed E-state index contributed by atoms with van der Waals surface area (Å²) in [5.41, 5.74) is -0.132. The summed E-state index contributed by atoms with van der Waals surface area (Å²) in [5.74, 6) is 0.0987. The number of carbonyl (C=O) groups excluding carboxylic acids is 1. The van der Waals surface area contributed by atoms with E-state index in [1.807, 2.05) is 6.92 Å². The molecule has 0 bridgehead atoms. The van der Waals surface area contributed by atoms with Crippen LogP contribution in [-0.2, 0) is 9.53 Å². The average Bonchev–Trinajstić information content (AvgIpc) is 2.44. The van der Waals surface area contributed by atoms with Crippen LogP contribution in [-0.4, -0.2) is 36.2 Å². The van der Waals surface area contributed by atoms with E-state index in [-0.39, 0.29) is 23.1 Å². The molecule has 2 atom stereocenters. The highest BCUT2D eigenvalue weighted by molar-refractivity contribution is 5.77. The summed E-state index contributed by atoms with van der Waals surface area (Å²) in [4.78, 5) is 11.8. The summed E-state index contributed by atoms with van der Waals surface area (Å²) in [6.07, 6.45) is 1.51. The fourth-order valence-electron chi connectivity index (χ4n) is 1.93. The van der Waals surface area contributed by atoms with Gasteiger partial charge in [0, 0.05) is 25.1 Å². The van der Waals surface area contributed by atoms with Crippen molar-refractivity contribution in [3.63, 3.8) is 0 Å². The number of carbonyl (C=O) groups is 1. The molecule has 2 N–H and O–H groups in total. The van der Waals surface area contributed by atoms with Crippen LogP contribution < -0.4 is 10.6 Å². The highest BCUT2D eigenvalue weighted by atomic mass is 16.5. The van der Waals surface area contributed by atoms with Gasteiger partial charge in [0.05, 0.1) is 11.6 Å². The van der Waals surface area contributed by atoms with Crippen molar-refractivity contribution in [3.8, 4) is 0 Å². The first kappa shape index (κ1) is 14.5. The van der Waals surface area contributed by atoms with E-state index in [4.69, 9.17) is 4.74 Å². The summed E-state index contributed by atoms with van der Waals surface area (Å²) in [7, 11) is 0. The monoisotopic (exact) mass is 242 g/mol. The summed E-state index contributed by atoms with van der Waals surface area (Å²) in [5, 5.41) is 6.40. The zero-order valence-corrected chi connectivity index (χ0v) is 11.7. The Morgan fingerprint density at radius 3 is 2.59 bits per heavy atom. The van der Waals surface area contributed by atoms with E-state index >= 15 is 0 Å². The Balaban J connectivity index is 2.30. The predicted molar refractivity (Wildman–Crippen MR) is 69.0 cm³/mol. The van der Waals surface area contributed by atoms with E-state index in [1.165, 1.54) is 0 Å². The lowest BCUT2D eigenvalue weighted by atomic mass is 9.94. The summed E-state index contributed by atoms with van der Waals surface area (Å²) in [6, 6.07) is 0. The molecule has 100 valence electrons. The lowest BCUT2D eigenvalue weighted by Crippen LogP contribution is -2.51. The third-order valence-electron chi connectivity index (χ3n) is 3.32. The van der Waals surface area contributed by atoms with Crippen LogP contribution in [0.25, 0.3) is 0 Å². The molecule has 0 aliphatic carbocycles. The van der Waals surface area contributed by atoms with Crippen LogP contribution in [0, 0.1) is 0 Å². The molecule has 1 saturated heterocycles. The maximum atomic E-state index is 11.8. The van der Waals surface area contributed by atoms with Crippen molar-refractivity contribution in [2.75, 3.05) is 13.2 Å². The fourth-order valence-corrected chi connectivity index (χ4v) is 1.93. The zero-order chi connectivity index (χ0) is 13.1. The van der Waals surface area contributed by atoms with Gasteiger partial charge in [-0.2, -0.15) is 0 Å². The molecule has 2 unspecified atom stereocenters. The summed E-state index contributed by atoms with van der Waals surface area (Å²) >= 11 is 0. The Hall–Kier alpha value is -0.610. The first-order valence-electron chi connectivity index (χ1n) is 6.41. The van der Waals surface area contributed by atoms with Crippen molar-refractivity contribution >= 4 is 5.91 Å². The van der Waals surface area contributed by atoms with E-state index in [9.17, 15) is 4.79 Å². The van der Waals surface area contributed by atoms with E-state index in [2.05, 4.69) is 38.3 Å². The molecule has 1 heterocycles. The number of hydrogen-bond acceptors (Lipinski definition) is 3. The minimum Gasteiger partial charge on any atom is -0.376 e. The Labute approximate surface area is 104 Å². The van der Waals surface area contributed by atoms with Gasteiger partial charge in [0.2, 0.25) is 5.91 Å². The van der Waals surface area contributed by atoms with Crippen LogP contribution in [0.15, 0.2) is 0 Å². The van der Waals surface area contributed by atoms with Gasteiger partial charge < -0.3 is 15.4 Å². The smallest absolute Gasteiger partial charge is 0.221 e. The molecule has 0 radical (unpaired) electrons. The Morgan fingerprint density at radius 1 is 1.47 bits per heavy atom. The molecule has 1 aliphatic rings. The van der Waals surface area contributed by atoms with Crippen molar-refractivity contribution in [2.24, 2.45) is 0 Å². The number of hydrogen-bond donors (Lipinski definition) is 2. The molecular formula is C13H26N2O2. The molecule has 4 heteroatoms. The number of ether oxygens (including phenoxy) is 1. The molecule has 17 heavy (non-hydrogen) atoms. The molecule has 1 amide bonds. The highest BCUT2D eigenvalue weighted by Crippen LogP contribution is 2.24. The molecule has 0 spiro atoms. The maximum absolute atomic E-state index is 11.8. The topological polar surface area (TPSA) is 50.4 Å². The van der Waals surface area contributed by atoms with Crippen molar-refractivity contribution in [1.29, 1.82) is 0 Å². The molecule has 0 aromatic heterocycles. The Bertz CT molecular complexity index is 273. The molecular weight excluding hydrogens is 216 g/mol. The van der Waals surface area contributed by atoms with Crippen molar-refractivity contribution < 1.29 is 9.53 Å². The molecule has 0 aromatic carbocycles. The second-order valence-corrected chi connectivity index (χ2v) is 6.16.